The van der Waals surface area contributed by atoms with Crippen molar-refractivity contribution in [2.45, 2.75) is 13.0 Å². The third-order valence-corrected chi connectivity index (χ3v) is 3.80. The molecule has 0 radical (unpaired) electrons. The molecule has 0 spiro atoms. The lowest BCUT2D eigenvalue weighted by Gasteiger charge is -2.22. The van der Waals surface area contributed by atoms with E-state index < -0.39 is 22.8 Å². The van der Waals surface area contributed by atoms with Gasteiger partial charge in [0.2, 0.25) is 0 Å². The average molecular weight is 296 g/mol. The maximum absolute atomic E-state index is 12.4. The fourth-order valence-corrected chi connectivity index (χ4v) is 2.71. The zero-order valence-electron chi connectivity index (χ0n) is 11.7. The maximum atomic E-state index is 12.4. The van der Waals surface area contributed by atoms with Crippen molar-refractivity contribution < 1.29 is 14.5 Å². The minimum Gasteiger partial charge on any atom is -0.269 e. The van der Waals surface area contributed by atoms with Crippen LogP contribution in [0.25, 0.3) is 0 Å². The van der Waals surface area contributed by atoms with Crippen molar-refractivity contribution in [2.75, 3.05) is 0 Å². The van der Waals surface area contributed by atoms with Gasteiger partial charge in [0.25, 0.3) is 17.5 Å². The second-order valence-corrected chi connectivity index (χ2v) is 5.02. The lowest BCUT2D eigenvalue weighted by molar-refractivity contribution is -0.385. The van der Waals surface area contributed by atoms with E-state index in [4.69, 9.17) is 0 Å². The molecule has 3 rings (SSSR count). The first-order valence-electron chi connectivity index (χ1n) is 6.72. The Balaban J connectivity index is 2.05. The molecular weight excluding hydrogens is 284 g/mol. The number of hydrogen-bond donors (Lipinski definition) is 0. The quantitative estimate of drug-likeness (QED) is 0.495. The highest BCUT2D eigenvalue weighted by Gasteiger charge is 2.40. The monoisotopic (exact) mass is 296 g/mol. The predicted octanol–water partition coefficient (Wildman–Crippen LogP) is 2.95. The molecule has 0 unspecified atom stereocenters. The van der Waals surface area contributed by atoms with E-state index in [0.29, 0.717) is 16.7 Å². The van der Waals surface area contributed by atoms with Gasteiger partial charge in [-0.15, -0.1) is 0 Å². The van der Waals surface area contributed by atoms with Crippen LogP contribution in [0, 0.1) is 10.1 Å². The van der Waals surface area contributed by atoms with Gasteiger partial charge in [0.15, 0.2) is 0 Å². The molecular formula is C16H12N2O4. The molecule has 1 aliphatic heterocycles. The molecule has 0 saturated heterocycles. The van der Waals surface area contributed by atoms with E-state index in [1.165, 1.54) is 6.07 Å². The molecule has 1 atom stereocenters. The summed E-state index contributed by atoms with van der Waals surface area (Å²) >= 11 is 0. The summed E-state index contributed by atoms with van der Waals surface area (Å²) in [7, 11) is 0. The van der Waals surface area contributed by atoms with Crippen LogP contribution in [0.4, 0.5) is 5.69 Å². The van der Waals surface area contributed by atoms with Gasteiger partial charge in [-0.1, -0.05) is 30.3 Å². The van der Waals surface area contributed by atoms with Crippen LogP contribution < -0.4 is 0 Å². The number of carbonyl (C=O) groups is 2. The van der Waals surface area contributed by atoms with Crippen LogP contribution >= 0.6 is 0 Å². The Hall–Kier alpha value is -3.02. The number of para-hydroxylation sites is 1. The molecule has 22 heavy (non-hydrogen) atoms. The number of carbonyl (C=O) groups excluding carboxylic acids is 2. The van der Waals surface area contributed by atoms with E-state index in [2.05, 4.69) is 0 Å². The summed E-state index contributed by atoms with van der Waals surface area (Å²) in [6.07, 6.45) is 0. The molecule has 1 aliphatic rings. The molecule has 0 N–H and O–H groups in total. The van der Waals surface area contributed by atoms with Gasteiger partial charge in [0.1, 0.15) is 0 Å². The Morgan fingerprint density at radius 3 is 2.00 bits per heavy atom. The SMILES string of the molecule is C[C@H](c1ccccc1[N+](=O)[O-])N1C(=O)c2ccccc2C1=O. The van der Waals surface area contributed by atoms with Gasteiger partial charge >= 0.3 is 0 Å². The molecule has 6 nitrogen and oxygen atoms in total. The highest BCUT2D eigenvalue weighted by molar-refractivity contribution is 6.21. The van der Waals surface area contributed by atoms with Crippen molar-refractivity contribution in [3.63, 3.8) is 0 Å². The van der Waals surface area contributed by atoms with Gasteiger partial charge in [-0.25, -0.2) is 0 Å². The van der Waals surface area contributed by atoms with E-state index in [-0.39, 0.29) is 5.69 Å². The molecule has 1 heterocycles. The van der Waals surface area contributed by atoms with Gasteiger partial charge in [0, 0.05) is 6.07 Å². The number of nitro benzene ring substituents is 1. The maximum Gasteiger partial charge on any atom is 0.274 e. The van der Waals surface area contributed by atoms with E-state index in [0.717, 1.165) is 4.90 Å². The van der Waals surface area contributed by atoms with Crippen molar-refractivity contribution in [3.05, 3.63) is 75.3 Å². The number of fused-ring (bicyclic) bond motifs is 1. The topological polar surface area (TPSA) is 80.5 Å². The van der Waals surface area contributed by atoms with Crippen molar-refractivity contribution in [3.8, 4) is 0 Å². The second-order valence-electron chi connectivity index (χ2n) is 5.02. The van der Waals surface area contributed by atoms with Crippen molar-refractivity contribution in [1.29, 1.82) is 0 Å². The molecule has 0 aromatic heterocycles. The number of benzene rings is 2. The number of nitro groups is 1. The molecule has 110 valence electrons. The molecule has 0 bridgehead atoms. The summed E-state index contributed by atoms with van der Waals surface area (Å²) < 4.78 is 0. The van der Waals surface area contributed by atoms with Crippen LogP contribution in [-0.2, 0) is 0 Å². The smallest absolute Gasteiger partial charge is 0.269 e. The Labute approximate surface area is 126 Å². The molecule has 2 aromatic rings. The lowest BCUT2D eigenvalue weighted by Crippen LogP contribution is -2.32. The molecule has 0 saturated carbocycles. The largest absolute Gasteiger partial charge is 0.274 e. The zero-order valence-corrected chi connectivity index (χ0v) is 11.7. The van der Waals surface area contributed by atoms with Gasteiger partial charge < -0.3 is 0 Å². The average Bonchev–Trinajstić information content (AvgIpc) is 2.79. The fourth-order valence-electron chi connectivity index (χ4n) is 2.71. The normalized spacial score (nSPS) is 14.9. The van der Waals surface area contributed by atoms with Gasteiger partial charge in [-0.3, -0.25) is 24.6 Å². The Morgan fingerprint density at radius 1 is 0.955 bits per heavy atom. The van der Waals surface area contributed by atoms with Crippen LogP contribution in [0.5, 0.6) is 0 Å². The standard InChI is InChI=1S/C16H12N2O4/c1-10(11-6-4-5-9-14(11)18(21)22)17-15(19)12-7-2-3-8-13(12)16(17)20/h2-10H,1H3/t10-/m1/s1. The molecule has 2 aromatic carbocycles. The summed E-state index contributed by atoms with van der Waals surface area (Å²) in [5.41, 5.74) is 0.893. The van der Waals surface area contributed by atoms with Gasteiger partial charge in [-0.05, 0) is 19.1 Å². The minimum absolute atomic E-state index is 0.105. The summed E-state index contributed by atoms with van der Waals surface area (Å²) in [4.78, 5) is 36.6. The van der Waals surface area contributed by atoms with E-state index in [1.54, 1.807) is 49.4 Å². The van der Waals surface area contributed by atoms with E-state index >= 15 is 0 Å². The van der Waals surface area contributed by atoms with Crippen molar-refractivity contribution in [1.82, 2.24) is 4.90 Å². The Kier molecular flexibility index (Phi) is 3.21. The summed E-state index contributed by atoms with van der Waals surface area (Å²) in [5.74, 6) is -0.850. The van der Waals surface area contributed by atoms with E-state index in [1.807, 2.05) is 0 Å². The lowest BCUT2D eigenvalue weighted by atomic mass is 10.0. The first-order chi connectivity index (χ1) is 10.5. The summed E-state index contributed by atoms with van der Waals surface area (Å²) in [6, 6.07) is 12.0. The fraction of sp³-hybridized carbons (Fsp3) is 0.125. The van der Waals surface area contributed by atoms with Crippen LogP contribution in [0.1, 0.15) is 39.2 Å². The van der Waals surface area contributed by atoms with Gasteiger partial charge in [0.05, 0.1) is 27.7 Å². The predicted molar refractivity (Wildman–Crippen MR) is 78.5 cm³/mol. The summed E-state index contributed by atoms with van der Waals surface area (Å²) in [5, 5.41) is 11.1. The van der Waals surface area contributed by atoms with Crippen LogP contribution in [0.2, 0.25) is 0 Å². The zero-order chi connectivity index (χ0) is 15.9. The minimum atomic E-state index is -0.714. The number of hydrogen-bond acceptors (Lipinski definition) is 4. The van der Waals surface area contributed by atoms with Crippen molar-refractivity contribution in [2.24, 2.45) is 0 Å². The molecule has 2 amide bonds. The molecule has 6 heteroatoms. The number of rotatable bonds is 3. The second kappa shape index (κ2) is 5.07. The Bertz CT molecular complexity index is 765. The first-order valence-corrected chi connectivity index (χ1v) is 6.72. The Morgan fingerprint density at radius 2 is 1.45 bits per heavy atom. The van der Waals surface area contributed by atoms with Crippen LogP contribution in [-0.4, -0.2) is 21.6 Å². The first kappa shape index (κ1) is 13.9. The molecule has 0 aliphatic carbocycles. The van der Waals surface area contributed by atoms with Crippen LogP contribution in [0.3, 0.4) is 0 Å². The third-order valence-electron chi connectivity index (χ3n) is 3.80. The van der Waals surface area contributed by atoms with Crippen molar-refractivity contribution >= 4 is 17.5 Å². The van der Waals surface area contributed by atoms with Gasteiger partial charge in [-0.2, -0.15) is 0 Å². The van der Waals surface area contributed by atoms with Crippen LogP contribution in [0.15, 0.2) is 48.5 Å². The number of nitrogens with zero attached hydrogens (tertiary/aromatic N) is 2. The van der Waals surface area contributed by atoms with E-state index in [9.17, 15) is 19.7 Å². The summed E-state index contributed by atoms with van der Waals surface area (Å²) in [6.45, 7) is 1.62. The highest BCUT2D eigenvalue weighted by Crippen LogP contribution is 2.34. The molecule has 0 fully saturated rings. The highest BCUT2D eigenvalue weighted by atomic mass is 16.6. The third kappa shape index (κ3) is 1.96. The number of amides is 2. The number of imide groups is 1.